The van der Waals surface area contributed by atoms with Gasteiger partial charge in [0.25, 0.3) is 0 Å². The molecule has 0 unspecified atom stereocenters. The Morgan fingerprint density at radius 1 is 1.38 bits per heavy atom. The van der Waals surface area contributed by atoms with Crippen molar-refractivity contribution in [2.24, 2.45) is 0 Å². The van der Waals surface area contributed by atoms with Gasteiger partial charge in [0.15, 0.2) is 0 Å². The highest BCUT2D eigenvalue weighted by atomic mass is 16.5. The molecular weight excluding hydrogens is 204 g/mol. The molecule has 0 bridgehead atoms. The van der Waals surface area contributed by atoms with Gasteiger partial charge in [-0.05, 0) is 19.5 Å². The Kier molecular flexibility index (Phi) is 4.39. The van der Waals surface area contributed by atoms with Crippen LogP contribution in [-0.2, 0) is 17.8 Å². The van der Waals surface area contributed by atoms with Crippen molar-refractivity contribution in [2.45, 2.75) is 19.5 Å². The van der Waals surface area contributed by atoms with Gasteiger partial charge in [-0.15, -0.1) is 0 Å². The average Bonchev–Trinajstić information content (AvgIpc) is 2.56. The monoisotopic (exact) mass is 224 g/mol. The maximum Gasteiger partial charge on any atom is 0.122 e. The fourth-order valence-electron chi connectivity index (χ4n) is 2.02. The van der Waals surface area contributed by atoms with Gasteiger partial charge < -0.3 is 14.5 Å². The van der Waals surface area contributed by atoms with Gasteiger partial charge in [0.1, 0.15) is 5.76 Å². The average molecular weight is 224 g/mol. The van der Waals surface area contributed by atoms with Crippen molar-refractivity contribution in [1.29, 1.82) is 0 Å². The maximum atomic E-state index is 5.46. The van der Waals surface area contributed by atoms with Gasteiger partial charge in [-0.1, -0.05) is 0 Å². The second-order valence-electron chi connectivity index (χ2n) is 4.14. The van der Waals surface area contributed by atoms with E-state index in [4.69, 9.17) is 9.15 Å². The Labute approximate surface area is 96.6 Å². The van der Waals surface area contributed by atoms with Crippen LogP contribution in [0.1, 0.15) is 17.7 Å². The van der Waals surface area contributed by atoms with Crippen LogP contribution in [0, 0.1) is 0 Å². The van der Waals surface area contributed by atoms with Crippen LogP contribution in [0.5, 0.6) is 0 Å². The zero-order valence-electron chi connectivity index (χ0n) is 9.87. The van der Waals surface area contributed by atoms with Crippen LogP contribution in [0.15, 0.2) is 16.7 Å². The molecule has 0 atom stereocenters. The molecule has 1 N–H and O–H groups in total. The molecular formula is C12H20N2O2. The third kappa shape index (κ3) is 3.07. The Balaban J connectivity index is 1.93. The molecule has 16 heavy (non-hydrogen) atoms. The van der Waals surface area contributed by atoms with Gasteiger partial charge >= 0.3 is 0 Å². The summed E-state index contributed by atoms with van der Waals surface area (Å²) in [5.41, 5.74) is 1.29. The Hall–Kier alpha value is -0.840. The maximum absolute atomic E-state index is 5.46. The number of nitrogens with one attached hydrogen (secondary N) is 1. The van der Waals surface area contributed by atoms with Crippen LogP contribution >= 0.6 is 0 Å². The summed E-state index contributed by atoms with van der Waals surface area (Å²) in [6.07, 6.45) is 2.90. The van der Waals surface area contributed by atoms with Crippen molar-refractivity contribution in [3.05, 3.63) is 23.7 Å². The highest BCUT2D eigenvalue weighted by molar-refractivity contribution is 5.16. The lowest BCUT2D eigenvalue weighted by molar-refractivity contribution is 0.140. The number of rotatable bonds is 4. The SMILES string of the molecule is CNCc1occc1CN1CCCOCC1. The molecule has 1 aliphatic rings. The number of hydrogen-bond acceptors (Lipinski definition) is 4. The summed E-state index contributed by atoms with van der Waals surface area (Å²) in [5, 5.41) is 3.12. The predicted octanol–water partition coefficient (Wildman–Crippen LogP) is 1.22. The Bertz CT molecular complexity index is 304. The highest BCUT2D eigenvalue weighted by Gasteiger charge is 2.13. The minimum Gasteiger partial charge on any atom is -0.468 e. The van der Waals surface area contributed by atoms with E-state index in [1.807, 2.05) is 7.05 Å². The van der Waals surface area contributed by atoms with Crippen molar-refractivity contribution < 1.29 is 9.15 Å². The van der Waals surface area contributed by atoms with E-state index in [9.17, 15) is 0 Å². The first-order chi connectivity index (χ1) is 7.90. The second kappa shape index (κ2) is 6.03. The van der Waals surface area contributed by atoms with Gasteiger partial charge in [-0.3, -0.25) is 4.90 Å². The smallest absolute Gasteiger partial charge is 0.122 e. The molecule has 1 aliphatic heterocycles. The molecule has 0 saturated carbocycles. The summed E-state index contributed by atoms with van der Waals surface area (Å²) >= 11 is 0. The molecule has 4 heteroatoms. The largest absolute Gasteiger partial charge is 0.468 e. The first-order valence-corrected chi connectivity index (χ1v) is 5.90. The van der Waals surface area contributed by atoms with Crippen LogP contribution in [0.25, 0.3) is 0 Å². The van der Waals surface area contributed by atoms with Gasteiger partial charge in [0.2, 0.25) is 0 Å². The standard InChI is InChI=1S/C12H20N2O2/c1-13-9-12-11(3-7-16-12)10-14-4-2-6-15-8-5-14/h3,7,13H,2,4-6,8-10H2,1H3. The van der Waals surface area contributed by atoms with Crippen molar-refractivity contribution >= 4 is 0 Å². The third-order valence-corrected chi connectivity index (χ3v) is 2.88. The summed E-state index contributed by atoms with van der Waals surface area (Å²) < 4.78 is 10.9. The summed E-state index contributed by atoms with van der Waals surface area (Å²) in [4.78, 5) is 2.43. The molecule has 2 heterocycles. The van der Waals surface area contributed by atoms with Crippen molar-refractivity contribution in [1.82, 2.24) is 10.2 Å². The van der Waals surface area contributed by atoms with E-state index in [0.717, 1.165) is 51.6 Å². The van der Waals surface area contributed by atoms with E-state index in [1.165, 1.54) is 5.56 Å². The first kappa shape index (κ1) is 11.6. The summed E-state index contributed by atoms with van der Waals surface area (Å²) in [7, 11) is 1.94. The molecule has 0 aliphatic carbocycles. The summed E-state index contributed by atoms with van der Waals surface area (Å²) in [5.74, 6) is 1.05. The molecule has 4 nitrogen and oxygen atoms in total. The number of nitrogens with zero attached hydrogens (tertiary/aromatic N) is 1. The minimum absolute atomic E-state index is 0.798. The highest BCUT2D eigenvalue weighted by Crippen LogP contribution is 2.14. The molecule has 2 rings (SSSR count). The van der Waals surface area contributed by atoms with E-state index >= 15 is 0 Å². The van der Waals surface area contributed by atoms with E-state index in [0.29, 0.717) is 0 Å². The van der Waals surface area contributed by atoms with Crippen LogP contribution in [0.2, 0.25) is 0 Å². The Morgan fingerprint density at radius 2 is 2.31 bits per heavy atom. The molecule has 90 valence electrons. The lowest BCUT2D eigenvalue weighted by Gasteiger charge is -2.18. The summed E-state index contributed by atoms with van der Waals surface area (Å²) in [6.45, 7) is 5.64. The predicted molar refractivity (Wildman–Crippen MR) is 62.2 cm³/mol. The fraction of sp³-hybridized carbons (Fsp3) is 0.667. The lowest BCUT2D eigenvalue weighted by Crippen LogP contribution is -2.26. The molecule has 0 spiro atoms. The van der Waals surface area contributed by atoms with E-state index in [2.05, 4.69) is 16.3 Å². The molecule has 1 aromatic heterocycles. The van der Waals surface area contributed by atoms with E-state index < -0.39 is 0 Å². The fourth-order valence-corrected chi connectivity index (χ4v) is 2.02. The molecule has 0 aromatic carbocycles. The molecule has 1 aromatic rings. The van der Waals surface area contributed by atoms with Crippen molar-refractivity contribution in [3.63, 3.8) is 0 Å². The third-order valence-electron chi connectivity index (χ3n) is 2.88. The minimum atomic E-state index is 0.798. The van der Waals surface area contributed by atoms with E-state index in [-0.39, 0.29) is 0 Å². The summed E-state index contributed by atoms with van der Waals surface area (Å²) in [6, 6.07) is 2.07. The number of hydrogen-bond donors (Lipinski definition) is 1. The number of furan rings is 1. The molecule has 1 fully saturated rings. The van der Waals surface area contributed by atoms with Crippen LogP contribution in [0.4, 0.5) is 0 Å². The quantitative estimate of drug-likeness (QED) is 0.834. The van der Waals surface area contributed by atoms with Crippen LogP contribution < -0.4 is 5.32 Å². The zero-order chi connectivity index (χ0) is 11.2. The van der Waals surface area contributed by atoms with Gasteiger partial charge in [0, 0.05) is 31.8 Å². The zero-order valence-corrected chi connectivity index (χ0v) is 9.87. The normalized spacial score (nSPS) is 18.6. The first-order valence-electron chi connectivity index (χ1n) is 5.90. The van der Waals surface area contributed by atoms with Gasteiger partial charge in [-0.25, -0.2) is 0 Å². The lowest BCUT2D eigenvalue weighted by atomic mass is 10.2. The van der Waals surface area contributed by atoms with Crippen LogP contribution in [-0.4, -0.2) is 38.3 Å². The number of ether oxygens (including phenoxy) is 1. The Morgan fingerprint density at radius 3 is 3.19 bits per heavy atom. The van der Waals surface area contributed by atoms with Gasteiger partial charge in [0.05, 0.1) is 19.4 Å². The van der Waals surface area contributed by atoms with E-state index in [1.54, 1.807) is 6.26 Å². The molecule has 0 amide bonds. The van der Waals surface area contributed by atoms with Crippen molar-refractivity contribution in [2.75, 3.05) is 33.4 Å². The van der Waals surface area contributed by atoms with Crippen molar-refractivity contribution in [3.8, 4) is 0 Å². The topological polar surface area (TPSA) is 37.6 Å². The second-order valence-corrected chi connectivity index (χ2v) is 4.14. The van der Waals surface area contributed by atoms with Gasteiger partial charge in [-0.2, -0.15) is 0 Å². The van der Waals surface area contributed by atoms with Crippen LogP contribution in [0.3, 0.4) is 0 Å². The molecule has 1 saturated heterocycles. The molecule has 0 radical (unpaired) electrons.